The first kappa shape index (κ1) is 29.7. The number of likely N-dealkylation sites (tertiary alicyclic amines) is 1. The number of ether oxygens (including phenoxy) is 1. The first-order valence-corrected chi connectivity index (χ1v) is 12.2. The zero-order valence-electron chi connectivity index (χ0n) is 21.4. The van der Waals surface area contributed by atoms with Gasteiger partial charge in [0.2, 0.25) is 5.91 Å². The van der Waals surface area contributed by atoms with Crippen molar-refractivity contribution in [2.45, 2.75) is 36.5 Å². The van der Waals surface area contributed by atoms with Crippen molar-refractivity contribution in [1.29, 1.82) is 0 Å². The fraction of sp³-hybridized carbons (Fsp3) is 0.286. The Kier molecular flexibility index (Phi) is 7.92. The summed E-state index contributed by atoms with van der Waals surface area (Å²) >= 11 is 0. The molecule has 1 aliphatic heterocycles. The van der Waals surface area contributed by atoms with Gasteiger partial charge in [-0.15, -0.1) is 0 Å². The maximum atomic E-state index is 14.8. The fourth-order valence-corrected chi connectivity index (χ4v) is 4.93. The molecule has 2 atom stereocenters. The van der Waals surface area contributed by atoms with Crippen molar-refractivity contribution >= 4 is 11.9 Å². The summed E-state index contributed by atoms with van der Waals surface area (Å²) in [5, 5.41) is 2.49. The van der Waals surface area contributed by atoms with Crippen molar-refractivity contribution < 1.29 is 45.1 Å². The number of carbonyl (C=O) groups excluding carboxylic acids is 2. The molecule has 0 unspecified atom stereocenters. The Morgan fingerprint density at radius 3 is 2.27 bits per heavy atom. The first-order chi connectivity index (χ1) is 19.1. The highest BCUT2D eigenvalue weighted by Crippen LogP contribution is 2.40. The number of carbonyl (C=O) groups is 2. The highest BCUT2D eigenvalue weighted by molar-refractivity contribution is 5.87. The number of halogens is 7. The molecule has 6 nitrogen and oxygen atoms in total. The van der Waals surface area contributed by atoms with Crippen LogP contribution in [0.2, 0.25) is 0 Å². The van der Waals surface area contributed by atoms with E-state index in [9.17, 15) is 40.3 Å². The van der Waals surface area contributed by atoms with Crippen LogP contribution in [0, 0.1) is 11.6 Å². The monoisotopic (exact) mass is 583 g/mol. The molecule has 3 amide bonds. The number of nitrogens with two attached hydrogens (primary N) is 1. The second-order valence-corrected chi connectivity index (χ2v) is 9.68. The van der Waals surface area contributed by atoms with Gasteiger partial charge in [-0.25, -0.2) is 22.4 Å². The van der Waals surface area contributed by atoms with E-state index in [2.05, 4.69) is 5.32 Å². The Morgan fingerprint density at radius 1 is 1.00 bits per heavy atom. The van der Waals surface area contributed by atoms with Crippen molar-refractivity contribution in [1.82, 2.24) is 10.2 Å². The number of methoxy groups -OCH3 is 1. The zero-order chi connectivity index (χ0) is 30.2. The minimum Gasteiger partial charge on any atom is -0.494 e. The molecule has 1 fully saturated rings. The molecule has 0 saturated carbocycles. The molecular weight excluding hydrogens is 559 g/mol. The van der Waals surface area contributed by atoms with Crippen molar-refractivity contribution in [3.05, 3.63) is 101 Å². The highest BCUT2D eigenvalue weighted by atomic mass is 19.4. The first-order valence-electron chi connectivity index (χ1n) is 12.2. The topological polar surface area (TPSA) is 84.7 Å². The highest BCUT2D eigenvalue weighted by Gasteiger charge is 2.51. The van der Waals surface area contributed by atoms with Crippen LogP contribution in [0.1, 0.15) is 28.7 Å². The van der Waals surface area contributed by atoms with E-state index in [1.54, 1.807) is 30.3 Å². The quantitative estimate of drug-likeness (QED) is 0.367. The molecule has 1 saturated heterocycles. The van der Waals surface area contributed by atoms with Crippen LogP contribution in [0.5, 0.6) is 5.75 Å². The Labute approximate surface area is 229 Å². The molecule has 3 aromatic carbocycles. The van der Waals surface area contributed by atoms with E-state index in [-0.39, 0.29) is 23.8 Å². The van der Waals surface area contributed by atoms with Crippen LogP contribution < -0.4 is 15.8 Å². The van der Waals surface area contributed by atoms with E-state index in [0.717, 1.165) is 31.4 Å². The summed E-state index contributed by atoms with van der Waals surface area (Å²) in [5.41, 5.74) is 1.68. The summed E-state index contributed by atoms with van der Waals surface area (Å²) in [5.74, 6) is -7.22. The van der Waals surface area contributed by atoms with Gasteiger partial charge in [0.15, 0.2) is 11.6 Å². The van der Waals surface area contributed by atoms with E-state index in [1.807, 2.05) is 0 Å². The van der Waals surface area contributed by atoms with Gasteiger partial charge in [0.25, 0.3) is 5.92 Å². The van der Waals surface area contributed by atoms with Gasteiger partial charge >= 0.3 is 12.2 Å². The minimum absolute atomic E-state index is 0.0618. The van der Waals surface area contributed by atoms with Crippen molar-refractivity contribution in [2.75, 3.05) is 13.7 Å². The average molecular weight is 584 g/mol. The number of urea groups is 1. The zero-order valence-corrected chi connectivity index (χ0v) is 21.4. The molecule has 3 aromatic rings. The van der Waals surface area contributed by atoms with Gasteiger partial charge in [0, 0.05) is 12.8 Å². The maximum absolute atomic E-state index is 14.8. The molecule has 3 N–H and O–H groups in total. The summed E-state index contributed by atoms with van der Waals surface area (Å²) in [6.07, 6.45) is -6.42. The van der Waals surface area contributed by atoms with Crippen LogP contribution in [-0.4, -0.2) is 42.5 Å². The lowest BCUT2D eigenvalue weighted by Crippen LogP contribution is -2.56. The Morgan fingerprint density at radius 2 is 1.66 bits per heavy atom. The van der Waals surface area contributed by atoms with E-state index in [4.69, 9.17) is 10.5 Å². The molecule has 4 rings (SSSR count). The molecule has 218 valence electrons. The number of alkyl halides is 5. The number of benzene rings is 3. The third-order valence-electron chi connectivity index (χ3n) is 6.85. The minimum atomic E-state index is -5.01. The number of rotatable bonds is 7. The standard InChI is InChI=1S/C28H24F7N3O3/c1-41-23-12-17(7-8-21(23)30)27(13-16-5-3-2-4-6-16,18-9-19(28(33,34)35)11-20(29)10-18)37-25(40)38-15-26(31,32)14-22(38)24(36)39/h2-12,22H,13-15H2,1H3,(H2,36,39)(H,37,40)/t22-,27+/m0/s1. The largest absolute Gasteiger partial charge is 0.494 e. The van der Waals surface area contributed by atoms with Crippen LogP contribution in [0.3, 0.4) is 0 Å². The second-order valence-electron chi connectivity index (χ2n) is 9.68. The third-order valence-corrected chi connectivity index (χ3v) is 6.85. The van der Waals surface area contributed by atoms with Gasteiger partial charge in [0.05, 0.1) is 24.8 Å². The maximum Gasteiger partial charge on any atom is 0.416 e. The van der Waals surface area contributed by atoms with Crippen LogP contribution in [0.25, 0.3) is 0 Å². The lowest BCUT2D eigenvalue weighted by atomic mass is 9.77. The molecule has 0 spiro atoms. The smallest absolute Gasteiger partial charge is 0.416 e. The lowest BCUT2D eigenvalue weighted by molar-refractivity contribution is -0.137. The predicted octanol–water partition coefficient (Wildman–Crippen LogP) is 5.38. The average Bonchev–Trinajstić information content (AvgIpc) is 3.24. The number of primary amides is 1. The summed E-state index contributed by atoms with van der Waals surface area (Å²) in [4.78, 5) is 26.1. The molecule has 0 aliphatic carbocycles. The molecule has 0 bridgehead atoms. The second kappa shape index (κ2) is 10.9. The van der Waals surface area contributed by atoms with Crippen LogP contribution >= 0.6 is 0 Å². The van der Waals surface area contributed by atoms with Gasteiger partial charge in [-0.1, -0.05) is 36.4 Å². The summed E-state index contributed by atoms with van der Waals surface area (Å²) in [6.45, 7) is -1.21. The summed E-state index contributed by atoms with van der Waals surface area (Å²) in [7, 11) is 1.13. The molecule has 13 heteroatoms. The van der Waals surface area contributed by atoms with E-state index in [0.29, 0.717) is 16.5 Å². The van der Waals surface area contributed by atoms with E-state index >= 15 is 0 Å². The van der Waals surface area contributed by atoms with E-state index in [1.165, 1.54) is 0 Å². The molecule has 1 aliphatic rings. The number of hydrogen-bond acceptors (Lipinski definition) is 3. The van der Waals surface area contributed by atoms with Crippen molar-refractivity contribution in [3.8, 4) is 5.75 Å². The van der Waals surface area contributed by atoms with Gasteiger partial charge in [-0.05, 0) is 47.0 Å². The summed E-state index contributed by atoms with van der Waals surface area (Å²) < 4.78 is 104. The van der Waals surface area contributed by atoms with Gasteiger partial charge < -0.3 is 20.7 Å². The number of nitrogens with zero attached hydrogens (tertiary/aromatic N) is 1. The lowest BCUT2D eigenvalue weighted by Gasteiger charge is -2.39. The van der Waals surface area contributed by atoms with Crippen LogP contribution in [0.15, 0.2) is 66.7 Å². The fourth-order valence-electron chi connectivity index (χ4n) is 4.93. The molecule has 0 aromatic heterocycles. The Hall–Kier alpha value is -4.29. The van der Waals surface area contributed by atoms with Crippen molar-refractivity contribution in [2.24, 2.45) is 5.73 Å². The van der Waals surface area contributed by atoms with Crippen LogP contribution in [-0.2, 0) is 22.9 Å². The summed E-state index contributed by atoms with van der Waals surface area (Å²) in [6, 6.07) is 9.75. The number of amides is 3. The normalized spacial score (nSPS) is 18.0. The molecular formula is C28H24F7N3O3. The molecule has 41 heavy (non-hydrogen) atoms. The SMILES string of the molecule is COc1cc([C@@](Cc2ccccc2)(NC(=O)N2CC(F)(F)C[C@H]2C(N)=O)c2cc(F)cc(C(F)(F)F)c2)ccc1F. The predicted molar refractivity (Wildman–Crippen MR) is 133 cm³/mol. The Bertz CT molecular complexity index is 1450. The molecule has 1 heterocycles. The van der Waals surface area contributed by atoms with E-state index < -0.39 is 71.3 Å². The van der Waals surface area contributed by atoms with Gasteiger partial charge in [-0.2, -0.15) is 13.2 Å². The third kappa shape index (κ3) is 6.23. The Balaban J connectivity index is 1.99. The number of hydrogen-bond donors (Lipinski definition) is 2. The van der Waals surface area contributed by atoms with Crippen molar-refractivity contribution in [3.63, 3.8) is 0 Å². The van der Waals surface area contributed by atoms with Gasteiger partial charge in [-0.3, -0.25) is 4.79 Å². The number of nitrogens with one attached hydrogen (secondary N) is 1. The molecule has 0 radical (unpaired) electrons. The van der Waals surface area contributed by atoms with Gasteiger partial charge in [0.1, 0.15) is 11.9 Å². The van der Waals surface area contributed by atoms with Crippen LogP contribution in [0.4, 0.5) is 35.5 Å².